The van der Waals surface area contributed by atoms with Gasteiger partial charge < -0.3 is 28.7 Å². The molecule has 0 aliphatic carbocycles. The van der Waals surface area contributed by atoms with Crippen LogP contribution in [0, 0.1) is 0 Å². The van der Waals surface area contributed by atoms with Crippen molar-refractivity contribution >= 4 is 17.5 Å². The molecule has 2 amide bonds. The van der Waals surface area contributed by atoms with Gasteiger partial charge in [-0.1, -0.05) is 38.5 Å². The second kappa shape index (κ2) is 17.3. The molecule has 0 aromatic heterocycles. The van der Waals surface area contributed by atoms with Crippen molar-refractivity contribution in [3.63, 3.8) is 0 Å². The topological polar surface area (TPSA) is 89.9 Å². The summed E-state index contributed by atoms with van der Waals surface area (Å²) in [5.41, 5.74) is 0.702. The number of carbonyl (C=O) groups excluding carboxylic acids is 2. The third-order valence-electron chi connectivity index (χ3n) is 6.88. The van der Waals surface area contributed by atoms with Crippen LogP contribution in [0.4, 0.5) is 0 Å². The first-order valence-electron chi connectivity index (χ1n) is 14.0. The molecule has 0 aromatic carbocycles. The summed E-state index contributed by atoms with van der Waals surface area (Å²) < 4.78 is 22.6. The molecule has 3 aliphatic heterocycles. The molecule has 0 fully saturated rings. The van der Waals surface area contributed by atoms with Crippen molar-refractivity contribution in [2.75, 3.05) is 66.4 Å². The average molecular weight is 520 g/mol. The molecule has 3 aliphatic rings. The Labute approximate surface area is 221 Å². The molecule has 0 saturated heterocycles. The molecular formula is C28H45N3O6. The molecule has 0 spiro atoms. The third kappa shape index (κ3) is 11.0. The van der Waals surface area contributed by atoms with E-state index in [-0.39, 0.29) is 11.8 Å². The summed E-state index contributed by atoms with van der Waals surface area (Å²) >= 11 is 0. The summed E-state index contributed by atoms with van der Waals surface area (Å²) in [4.78, 5) is 35.2. The molecule has 37 heavy (non-hydrogen) atoms. The highest BCUT2D eigenvalue weighted by molar-refractivity contribution is 5.99. The lowest BCUT2D eigenvalue weighted by Gasteiger charge is -2.28. The largest absolute Gasteiger partial charge is 0.497 e. The van der Waals surface area contributed by atoms with E-state index in [4.69, 9.17) is 23.9 Å². The molecule has 208 valence electrons. The summed E-state index contributed by atoms with van der Waals surface area (Å²) in [6, 6.07) is 0. The molecule has 9 nitrogen and oxygen atoms in total. The Morgan fingerprint density at radius 1 is 0.784 bits per heavy atom. The van der Waals surface area contributed by atoms with Crippen LogP contribution < -0.4 is 0 Å². The number of methoxy groups -OCH3 is 1. The van der Waals surface area contributed by atoms with Crippen LogP contribution in [0.3, 0.4) is 0 Å². The Bertz CT molecular complexity index is 797. The van der Waals surface area contributed by atoms with Crippen LogP contribution in [-0.2, 0) is 28.5 Å². The number of amides is 2. The standard InChI is InChI=1S/C28H45N3O6/c1-34-25-12-13-26-29-24(22-25)23-30-14-16-35-18-20-37-21-19-36-17-15-31(26)28(33)11-9-7-5-3-2-4-6-8-10-27(30)32/h12-13,22,26H,2-11,14-21,23H2,1H3. The van der Waals surface area contributed by atoms with Gasteiger partial charge in [0.2, 0.25) is 11.8 Å². The second-order valence-corrected chi connectivity index (χ2v) is 9.71. The van der Waals surface area contributed by atoms with Crippen LogP contribution in [0.25, 0.3) is 0 Å². The number of allylic oxidation sites excluding steroid dienone is 1. The third-order valence-corrected chi connectivity index (χ3v) is 6.88. The van der Waals surface area contributed by atoms with Crippen molar-refractivity contribution in [1.82, 2.24) is 9.80 Å². The Hall–Kier alpha value is -2.23. The van der Waals surface area contributed by atoms with Gasteiger partial charge in [0.05, 0.1) is 59.0 Å². The highest BCUT2D eigenvalue weighted by Gasteiger charge is 2.24. The number of hydrogen-bond acceptors (Lipinski definition) is 7. The molecule has 4 bridgehead atoms. The van der Waals surface area contributed by atoms with Crippen LogP contribution in [-0.4, -0.2) is 99.9 Å². The van der Waals surface area contributed by atoms with Gasteiger partial charge in [0.15, 0.2) is 0 Å². The Morgan fingerprint density at radius 3 is 2.00 bits per heavy atom. The quantitative estimate of drug-likeness (QED) is 0.527. The van der Waals surface area contributed by atoms with E-state index in [1.807, 2.05) is 23.1 Å². The van der Waals surface area contributed by atoms with E-state index in [1.165, 1.54) is 12.8 Å². The van der Waals surface area contributed by atoms with Crippen LogP contribution in [0.5, 0.6) is 0 Å². The van der Waals surface area contributed by atoms with E-state index >= 15 is 0 Å². The van der Waals surface area contributed by atoms with E-state index in [0.717, 1.165) is 38.5 Å². The second-order valence-electron chi connectivity index (χ2n) is 9.71. The smallest absolute Gasteiger partial charge is 0.224 e. The van der Waals surface area contributed by atoms with Crippen LogP contribution in [0.2, 0.25) is 0 Å². The minimum absolute atomic E-state index is 0.0684. The molecular weight excluding hydrogens is 474 g/mol. The van der Waals surface area contributed by atoms with Crippen LogP contribution in [0.1, 0.15) is 64.2 Å². The maximum Gasteiger partial charge on any atom is 0.224 e. The Balaban J connectivity index is 1.89. The highest BCUT2D eigenvalue weighted by Crippen LogP contribution is 2.17. The molecule has 1 unspecified atom stereocenters. The maximum atomic E-state index is 13.4. The lowest BCUT2D eigenvalue weighted by atomic mass is 10.1. The molecule has 0 saturated carbocycles. The van der Waals surface area contributed by atoms with Gasteiger partial charge in [-0.2, -0.15) is 0 Å². The normalized spacial score (nSPS) is 25.2. The van der Waals surface area contributed by atoms with Crippen molar-refractivity contribution in [3.05, 3.63) is 24.0 Å². The van der Waals surface area contributed by atoms with E-state index in [0.29, 0.717) is 83.6 Å². The number of rotatable bonds is 1. The van der Waals surface area contributed by atoms with Crippen LogP contribution in [0.15, 0.2) is 29.0 Å². The minimum atomic E-state index is -0.492. The minimum Gasteiger partial charge on any atom is -0.497 e. The average Bonchev–Trinajstić information content (AvgIpc) is 3.10. The molecule has 9 heteroatoms. The zero-order valence-corrected chi connectivity index (χ0v) is 22.5. The van der Waals surface area contributed by atoms with Gasteiger partial charge in [-0.05, 0) is 25.0 Å². The highest BCUT2D eigenvalue weighted by atomic mass is 16.5. The van der Waals surface area contributed by atoms with Gasteiger partial charge in [-0.3, -0.25) is 14.6 Å². The van der Waals surface area contributed by atoms with Gasteiger partial charge >= 0.3 is 0 Å². The van der Waals surface area contributed by atoms with E-state index in [2.05, 4.69) is 0 Å². The number of fused-ring (bicyclic) bond motifs is 1. The van der Waals surface area contributed by atoms with E-state index < -0.39 is 6.17 Å². The summed E-state index contributed by atoms with van der Waals surface area (Å²) in [5, 5.41) is 0. The summed E-state index contributed by atoms with van der Waals surface area (Å²) in [6.45, 7) is 3.91. The monoisotopic (exact) mass is 519 g/mol. The SMILES string of the molecule is COC1=CC2=NC(C=C1)N1CCOCCOCCOCCN(C2)C(=O)CCCCCCCCCCC1=O. The lowest BCUT2D eigenvalue weighted by molar-refractivity contribution is -0.133. The molecule has 0 N–H and O–H groups in total. The van der Waals surface area contributed by atoms with Crippen molar-refractivity contribution in [2.24, 2.45) is 4.99 Å². The van der Waals surface area contributed by atoms with Gasteiger partial charge in [-0.15, -0.1) is 0 Å². The fraction of sp³-hybridized carbons (Fsp3) is 0.750. The fourth-order valence-corrected chi connectivity index (χ4v) is 4.72. The number of ether oxygens (including phenoxy) is 4. The number of nitrogens with zero attached hydrogens (tertiary/aromatic N) is 3. The van der Waals surface area contributed by atoms with Gasteiger partial charge in [0.25, 0.3) is 0 Å². The van der Waals surface area contributed by atoms with E-state index in [1.54, 1.807) is 12.0 Å². The molecule has 3 rings (SSSR count). The predicted molar refractivity (Wildman–Crippen MR) is 142 cm³/mol. The van der Waals surface area contributed by atoms with Gasteiger partial charge in [-0.25, -0.2) is 0 Å². The first kappa shape index (κ1) is 29.3. The molecule has 1 atom stereocenters. The van der Waals surface area contributed by atoms with Crippen molar-refractivity contribution in [1.29, 1.82) is 0 Å². The van der Waals surface area contributed by atoms with Crippen LogP contribution >= 0.6 is 0 Å². The first-order valence-corrected chi connectivity index (χ1v) is 14.0. The molecule has 0 radical (unpaired) electrons. The summed E-state index contributed by atoms with van der Waals surface area (Å²) in [5.74, 6) is 0.814. The predicted octanol–water partition coefficient (Wildman–Crippen LogP) is 3.49. The lowest BCUT2D eigenvalue weighted by Crippen LogP contribution is -2.42. The summed E-state index contributed by atoms with van der Waals surface area (Å²) in [6.07, 6.45) is 14.6. The van der Waals surface area contributed by atoms with Gasteiger partial charge in [0.1, 0.15) is 11.9 Å². The zero-order valence-electron chi connectivity index (χ0n) is 22.5. The summed E-state index contributed by atoms with van der Waals surface area (Å²) in [7, 11) is 1.61. The number of carbonyl (C=O) groups is 2. The maximum absolute atomic E-state index is 13.4. The van der Waals surface area contributed by atoms with Crippen molar-refractivity contribution in [3.8, 4) is 0 Å². The Kier molecular flexibility index (Phi) is 13.7. The first-order chi connectivity index (χ1) is 18.2. The van der Waals surface area contributed by atoms with Crippen molar-refractivity contribution in [2.45, 2.75) is 70.4 Å². The number of hydrogen-bond donors (Lipinski definition) is 0. The Morgan fingerprint density at radius 2 is 1.35 bits per heavy atom. The number of aliphatic imine (C=N–C) groups is 1. The fourth-order valence-electron chi connectivity index (χ4n) is 4.72. The molecule has 3 heterocycles. The van der Waals surface area contributed by atoms with Gasteiger partial charge in [0, 0.05) is 32.0 Å². The van der Waals surface area contributed by atoms with Crippen molar-refractivity contribution < 1.29 is 28.5 Å². The van der Waals surface area contributed by atoms with E-state index in [9.17, 15) is 9.59 Å². The zero-order chi connectivity index (χ0) is 26.1. The molecule has 0 aromatic rings.